The molecule has 0 atom stereocenters. The maximum atomic E-state index is 13.4. The molecule has 8 nitrogen and oxygen atoms in total. The lowest BCUT2D eigenvalue weighted by Crippen LogP contribution is -2.38. The number of halogens is 2. The van der Waals surface area contributed by atoms with Crippen LogP contribution >= 0.6 is 0 Å². The normalized spacial score (nSPS) is 16.4. The van der Waals surface area contributed by atoms with Gasteiger partial charge in [-0.25, -0.2) is 27.2 Å². The number of H-pyrrole nitrogens is 1. The van der Waals surface area contributed by atoms with Crippen LogP contribution in [0.5, 0.6) is 0 Å². The van der Waals surface area contributed by atoms with E-state index in [1.807, 2.05) is 0 Å². The number of aromatic nitrogens is 5. The number of sulfonamides is 1. The highest BCUT2D eigenvalue weighted by Gasteiger charge is 2.32. The van der Waals surface area contributed by atoms with Crippen LogP contribution in [0.3, 0.4) is 0 Å². The zero-order valence-electron chi connectivity index (χ0n) is 14.6. The van der Waals surface area contributed by atoms with Crippen molar-refractivity contribution in [2.45, 2.75) is 23.7 Å². The number of hydrogen-bond acceptors (Lipinski definition) is 6. The first-order chi connectivity index (χ1) is 13.4. The molecule has 1 fully saturated rings. The number of benzene rings is 1. The smallest absolute Gasteiger partial charge is 0.243 e. The third-order valence-corrected chi connectivity index (χ3v) is 6.49. The molecular formula is C17H16F2N6O2S. The Morgan fingerprint density at radius 3 is 2.43 bits per heavy atom. The SMILES string of the molecule is O=S(=O)(c1cc(F)cc(F)c1)N1CCC(c2nc(-c3cnccn3)n[nH]2)CC1. The summed E-state index contributed by atoms with van der Waals surface area (Å²) in [4.78, 5) is 12.2. The molecule has 4 rings (SSSR count). The molecule has 11 heteroatoms. The van der Waals surface area contributed by atoms with Crippen molar-refractivity contribution in [2.24, 2.45) is 0 Å². The van der Waals surface area contributed by atoms with Crippen LogP contribution in [0.2, 0.25) is 0 Å². The van der Waals surface area contributed by atoms with Crippen molar-refractivity contribution in [1.29, 1.82) is 0 Å². The molecule has 0 aliphatic carbocycles. The first-order valence-electron chi connectivity index (χ1n) is 8.58. The van der Waals surface area contributed by atoms with Gasteiger partial charge in [0.25, 0.3) is 0 Å². The highest BCUT2D eigenvalue weighted by molar-refractivity contribution is 7.89. The third-order valence-electron chi connectivity index (χ3n) is 4.61. The van der Waals surface area contributed by atoms with Crippen molar-refractivity contribution in [2.75, 3.05) is 13.1 Å². The van der Waals surface area contributed by atoms with Gasteiger partial charge in [0.1, 0.15) is 23.2 Å². The third kappa shape index (κ3) is 3.62. The zero-order chi connectivity index (χ0) is 19.7. The molecule has 1 aromatic carbocycles. The van der Waals surface area contributed by atoms with E-state index < -0.39 is 21.7 Å². The molecule has 1 aliphatic rings. The predicted octanol–water partition coefficient (Wildman–Crippen LogP) is 2.11. The maximum absolute atomic E-state index is 13.4. The second-order valence-corrected chi connectivity index (χ2v) is 8.36. The van der Waals surface area contributed by atoms with Gasteiger partial charge < -0.3 is 0 Å². The Labute approximate surface area is 159 Å². The standard InChI is InChI=1S/C17H16F2N6O2S/c18-12-7-13(19)9-14(8-12)28(26,27)25-5-1-11(2-6-25)16-22-17(24-23-16)15-10-20-3-4-21-15/h3-4,7-11H,1-2,5-6H2,(H,22,23,24). The Hall–Kier alpha value is -2.79. The Bertz CT molecular complexity index is 1060. The topological polar surface area (TPSA) is 105 Å². The van der Waals surface area contributed by atoms with Crippen LogP contribution in [0, 0.1) is 11.6 Å². The van der Waals surface area contributed by atoms with Gasteiger partial charge in [-0.15, -0.1) is 0 Å². The number of rotatable bonds is 4. The van der Waals surface area contributed by atoms with Crippen LogP contribution < -0.4 is 0 Å². The van der Waals surface area contributed by atoms with E-state index in [1.165, 1.54) is 4.31 Å². The number of aromatic amines is 1. The van der Waals surface area contributed by atoms with Gasteiger partial charge in [-0.3, -0.25) is 10.1 Å². The monoisotopic (exact) mass is 406 g/mol. The van der Waals surface area contributed by atoms with Crippen molar-refractivity contribution >= 4 is 10.0 Å². The van der Waals surface area contributed by atoms with Crippen molar-refractivity contribution in [1.82, 2.24) is 29.5 Å². The Balaban J connectivity index is 1.47. The number of nitrogens with zero attached hydrogens (tertiary/aromatic N) is 5. The molecule has 1 N–H and O–H groups in total. The van der Waals surface area contributed by atoms with Crippen molar-refractivity contribution in [3.8, 4) is 11.5 Å². The largest absolute Gasteiger partial charge is 0.262 e. The van der Waals surface area contributed by atoms with Crippen molar-refractivity contribution in [3.63, 3.8) is 0 Å². The van der Waals surface area contributed by atoms with E-state index in [9.17, 15) is 17.2 Å². The molecule has 0 bridgehead atoms. The minimum atomic E-state index is -3.96. The van der Waals surface area contributed by atoms with Crippen LogP contribution in [0.25, 0.3) is 11.5 Å². The molecule has 0 amide bonds. The van der Waals surface area contributed by atoms with E-state index in [1.54, 1.807) is 18.6 Å². The van der Waals surface area contributed by atoms with Gasteiger partial charge in [0.2, 0.25) is 15.8 Å². The number of nitrogens with one attached hydrogen (secondary N) is 1. The molecule has 0 unspecified atom stereocenters. The fraction of sp³-hybridized carbons (Fsp3) is 0.294. The molecule has 3 heterocycles. The van der Waals surface area contributed by atoms with Gasteiger partial charge in [-0.2, -0.15) is 9.40 Å². The summed E-state index contributed by atoms with van der Waals surface area (Å²) in [5, 5.41) is 7.02. The van der Waals surface area contributed by atoms with Crippen molar-refractivity contribution < 1.29 is 17.2 Å². The quantitative estimate of drug-likeness (QED) is 0.712. The summed E-state index contributed by atoms with van der Waals surface area (Å²) in [7, 11) is -3.96. The Morgan fingerprint density at radius 2 is 1.79 bits per heavy atom. The summed E-state index contributed by atoms with van der Waals surface area (Å²) in [6.07, 6.45) is 5.67. The average Bonchev–Trinajstić information content (AvgIpc) is 3.18. The average molecular weight is 406 g/mol. The molecule has 1 saturated heterocycles. The van der Waals surface area contributed by atoms with E-state index in [0.717, 1.165) is 12.1 Å². The molecule has 0 spiro atoms. The van der Waals surface area contributed by atoms with Gasteiger partial charge in [0.15, 0.2) is 0 Å². The molecule has 0 saturated carbocycles. The van der Waals surface area contributed by atoms with Crippen LogP contribution in [0.1, 0.15) is 24.6 Å². The second-order valence-electron chi connectivity index (χ2n) is 6.42. The minimum Gasteiger partial charge on any atom is -0.262 e. The molecule has 3 aromatic rings. The van der Waals surface area contributed by atoms with E-state index in [2.05, 4.69) is 25.1 Å². The lowest BCUT2D eigenvalue weighted by molar-refractivity contribution is 0.313. The molecule has 2 aromatic heterocycles. The van der Waals surface area contributed by atoms with E-state index >= 15 is 0 Å². The molecule has 28 heavy (non-hydrogen) atoms. The number of piperidine rings is 1. The maximum Gasteiger partial charge on any atom is 0.243 e. The number of hydrogen-bond donors (Lipinski definition) is 1. The van der Waals surface area contributed by atoms with Crippen LogP contribution in [0.15, 0.2) is 41.7 Å². The summed E-state index contributed by atoms with van der Waals surface area (Å²) < 4.78 is 53.4. The van der Waals surface area contributed by atoms with Crippen LogP contribution in [-0.4, -0.2) is 51.0 Å². The zero-order valence-corrected chi connectivity index (χ0v) is 15.4. The summed E-state index contributed by atoms with van der Waals surface area (Å²) >= 11 is 0. The van der Waals surface area contributed by atoms with Crippen LogP contribution in [-0.2, 0) is 10.0 Å². The van der Waals surface area contributed by atoms with E-state index in [4.69, 9.17) is 0 Å². The van der Waals surface area contributed by atoms with Gasteiger partial charge in [0, 0.05) is 37.5 Å². The van der Waals surface area contributed by atoms with Gasteiger partial charge in [-0.1, -0.05) is 0 Å². The Morgan fingerprint density at radius 1 is 1.07 bits per heavy atom. The summed E-state index contributed by atoms with van der Waals surface area (Å²) in [5.74, 6) is -0.783. The minimum absolute atomic E-state index is 0.00591. The van der Waals surface area contributed by atoms with Gasteiger partial charge >= 0.3 is 0 Å². The predicted molar refractivity (Wildman–Crippen MR) is 94.5 cm³/mol. The molecule has 0 radical (unpaired) electrons. The molecule has 1 aliphatic heterocycles. The van der Waals surface area contributed by atoms with E-state index in [0.29, 0.717) is 36.3 Å². The first-order valence-corrected chi connectivity index (χ1v) is 10.0. The second kappa shape index (κ2) is 7.32. The van der Waals surface area contributed by atoms with Gasteiger partial charge in [0.05, 0.1) is 11.1 Å². The fourth-order valence-electron chi connectivity index (χ4n) is 3.18. The lowest BCUT2D eigenvalue weighted by atomic mass is 9.97. The highest BCUT2D eigenvalue weighted by atomic mass is 32.2. The summed E-state index contributed by atoms with van der Waals surface area (Å²) in [6.45, 7) is 0.429. The summed E-state index contributed by atoms with van der Waals surface area (Å²) in [6, 6.07) is 2.30. The first kappa shape index (κ1) is 18.6. The fourth-order valence-corrected chi connectivity index (χ4v) is 4.69. The van der Waals surface area contributed by atoms with E-state index in [-0.39, 0.29) is 23.9 Å². The molecular weight excluding hydrogens is 390 g/mol. The Kier molecular flexibility index (Phi) is 4.85. The lowest BCUT2D eigenvalue weighted by Gasteiger charge is -2.30. The van der Waals surface area contributed by atoms with Gasteiger partial charge in [-0.05, 0) is 25.0 Å². The van der Waals surface area contributed by atoms with Crippen molar-refractivity contribution in [3.05, 3.63) is 54.2 Å². The summed E-state index contributed by atoms with van der Waals surface area (Å²) in [5.41, 5.74) is 0.540. The highest BCUT2D eigenvalue weighted by Crippen LogP contribution is 2.30. The van der Waals surface area contributed by atoms with Crippen LogP contribution in [0.4, 0.5) is 8.78 Å². The molecule has 146 valence electrons.